The third-order valence-corrected chi connectivity index (χ3v) is 4.04. The molecule has 0 aliphatic heterocycles. The van der Waals surface area contributed by atoms with Crippen LogP contribution in [0.2, 0.25) is 10.0 Å². The number of likely N-dealkylation sites (N-methyl/N-ethyl adjacent to an activating group) is 1. The molecule has 0 aromatic heterocycles. The molecule has 0 heterocycles. The number of nitrogens with two attached hydrogens (primary N) is 1. The lowest BCUT2D eigenvalue weighted by atomic mass is 9.88. The number of hydrogen-bond acceptors (Lipinski definition) is 3. The fourth-order valence-electron chi connectivity index (χ4n) is 1.66. The van der Waals surface area contributed by atoms with Crippen LogP contribution >= 0.6 is 23.2 Å². The molecule has 0 saturated carbocycles. The number of nitrogens with zero attached hydrogens (tertiary/aromatic N) is 1. The minimum absolute atomic E-state index is 0.0349. The predicted octanol–water partition coefficient (Wildman–Crippen LogP) is 2.84. The van der Waals surface area contributed by atoms with Crippen LogP contribution in [0.4, 0.5) is 0 Å². The van der Waals surface area contributed by atoms with E-state index in [1.165, 1.54) is 0 Å². The van der Waals surface area contributed by atoms with Gasteiger partial charge < -0.3 is 4.90 Å². The van der Waals surface area contributed by atoms with Crippen LogP contribution in [0, 0.1) is 0 Å². The smallest absolute Gasteiger partial charge is 0.0638 e. The quantitative estimate of drug-likeness (QED) is 0.656. The highest BCUT2D eigenvalue weighted by Crippen LogP contribution is 2.32. The SMILES string of the molecule is CN(C)C(C)(C)C(NN)c1ccc(Cl)c(Cl)c1. The second-order valence-corrected chi connectivity index (χ2v) is 5.64. The van der Waals surface area contributed by atoms with Crippen LogP contribution in [0.1, 0.15) is 25.5 Å². The third-order valence-electron chi connectivity index (χ3n) is 3.30. The summed E-state index contributed by atoms with van der Waals surface area (Å²) in [5.74, 6) is 5.66. The van der Waals surface area contributed by atoms with Crippen molar-refractivity contribution < 1.29 is 0 Å². The van der Waals surface area contributed by atoms with Gasteiger partial charge in [-0.15, -0.1) is 0 Å². The monoisotopic (exact) mass is 275 g/mol. The molecule has 3 nitrogen and oxygen atoms in total. The summed E-state index contributed by atoms with van der Waals surface area (Å²) in [5.41, 5.74) is 3.71. The largest absolute Gasteiger partial charge is 0.302 e. The molecule has 0 spiro atoms. The molecule has 0 saturated heterocycles. The molecular weight excluding hydrogens is 257 g/mol. The highest BCUT2D eigenvalue weighted by Gasteiger charge is 2.32. The zero-order valence-corrected chi connectivity index (χ0v) is 12.1. The maximum atomic E-state index is 6.03. The maximum absolute atomic E-state index is 6.03. The van der Waals surface area contributed by atoms with Crippen molar-refractivity contribution in [3.05, 3.63) is 33.8 Å². The average Bonchev–Trinajstić information content (AvgIpc) is 2.23. The summed E-state index contributed by atoms with van der Waals surface area (Å²) in [5, 5.41) is 1.09. The predicted molar refractivity (Wildman–Crippen MR) is 74.3 cm³/mol. The molecule has 1 aromatic carbocycles. The summed E-state index contributed by atoms with van der Waals surface area (Å²) < 4.78 is 0. The second kappa shape index (κ2) is 5.55. The molecule has 0 aliphatic carbocycles. The van der Waals surface area contributed by atoms with E-state index in [1.807, 2.05) is 26.2 Å². The van der Waals surface area contributed by atoms with Gasteiger partial charge in [0.05, 0.1) is 16.1 Å². The first-order chi connectivity index (χ1) is 7.80. The lowest BCUT2D eigenvalue weighted by Gasteiger charge is -2.40. The average molecular weight is 276 g/mol. The van der Waals surface area contributed by atoms with Gasteiger partial charge in [-0.25, -0.2) is 0 Å². The van der Waals surface area contributed by atoms with Gasteiger partial charge in [-0.05, 0) is 45.6 Å². The van der Waals surface area contributed by atoms with E-state index < -0.39 is 0 Å². The van der Waals surface area contributed by atoms with Crippen LogP contribution in [0.25, 0.3) is 0 Å². The van der Waals surface area contributed by atoms with Gasteiger partial charge in [-0.1, -0.05) is 29.3 Å². The van der Waals surface area contributed by atoms with Crippen molar-refractivity contribution >= 4 is 23.2 Å². The maximum Gasteiger partial charge on any atom is 0.0638 e. The Labute approximate surface area is 113 Å². The lowest BCUT2D eigenvalue weighted by molar-refractivity contribution is 0.138. The number of rotatable bonds is 4. The van der Waals surface area contributed by atoms with E-state index in [0.717, 1.165) is 5.56 Å². The Morgan fingerprint density at radius 3 is 2.24 bits per heavy atom. The fraction of sp³-hybridized carbons (Fsp3) is 0.500. The highest BCUT2D eigenvalue weighted by atomic mass is 35.5. The number of hydrogen-bond donors (Lipinski definition) is 2. The van der Waals surface area contributed by atoms with Crippen molar-refractivity contribution in [1.29, 1.82) is 0 Å². The normalized spacial score (nSPS) is 14.1. The van der Waals surface area contributed by atoms with E-state index in [0.29, 0.717) is 10.0 Å². The van der Waals surface area contributed by atoms with Crippen LogP contribution in [-0.4, -0.2) is 24.5 Å². The Morgan fingerprint density at radius 1 is 1.24 bits per heavy atom. The van der Waals surface area contributed by atoms with Crippen molar-refractivity contribution in [3.63, 3.8) is 0 Å². The Bertz CT molecular complexity index is 391. The molecule has 0 fully saturated rings. The lowest BCUT2D eigenvalue weighted by Crippen LogP contribution is -2.51. The van der Waals surface area contributed by atoms with Crippen molar-refractivity contribution in [1.82, 2.24) is 10.3 Å². The van der Waals surface area contributed by atoms with Gasteiger partial charge in [0, 0.05) is 5.54 Å². The van der Waals surface area contributed by atoms with Crippen molar-refractivity contribution in [3.8, 4) is 0 Å². The van der Waals surface area contributed by atoms with Crippen LogP contribution in [-0.2, 0) is 0 Å². The summed E-state index contributed by atoms with van der Waals surface area (Å²) in [6.45, 7) is 4.22. The standard InChI is InChI=1S/C12H19Cl2N3/c1-12(2,17(3)4)11(16-15)8-5-6-9(13)10(14)7-8/h5-7,11,16H,15H2,1-4H3. The van der Waals surface area contributed by atoms with Gasteiger partial charge in [0.25, 0.3) is 0 Å². The Balaban J connectivity index is 3.14. The summed E-state index contributed by atoms with van der Waals surface area (Å²) in [4.78, 5) is 2.11. The van der Waals surface area contributed by atoms with Gasteiger partial charge >= 0.3 is 0 Å². The van der Waals surface area contributed by atoms with Crippen LogP contribution in [0.15, 0.2) is 18.2 Å². The van der Waals surface area contributed by atoms with E-state index in [2.05, 4.69) is 24.2 Å². The van der Waals surface area contributed by atoms with Gasteiger partial charge in [0.15, 0.2) is 0 Å². The van der Waals surface area contributed by atoms with E-state index in [1.54, 1.807) is 6.07 Å². The number of benzene rings is 1. The van der Waals surface area contributed by atoms with E-state index >= 15 is 0 Å². The van der Waals surface area contributed by atoms with Gasteiger partial charge in [0.2, 0.25) is 0 Å². The van der Waals surface area contributed by atoms with E-state index in [-0.39, 0.29) is 11.6 Å². The summed E-state index contributed by atoms with van der Waals surface area (Å²) in [6.07, 6.45) is 0. The molecule has 3 N–H and O–H groups in total. The molecule has 1 aromatic rings. The highest BCUT2D eigenvalue weighted by molar-refractivity contribution is 6.42. The van der Waals surface area contributed by atoms with Crippen molar-refractivity contribution in [2.75, 3.05) is 14.1 Å². The summed E-state index contributed by atoms with van der Waals surface area (Å²) in [6, 6.07) is 5.53. The Hall–Kier alpha value is -0.320. The van der Waals surface area contributed by atoms with Gasteiger partial charge in [0.1, 0.15) is 0 Å². The van der Waals surface area contributed by atoms with Crippen LogP contribution in [0.3, 0.4) is 0 Å². The van der Waals surface area contributed by atoms with Crippen molar-refractivity contribution in [2.45, 2.75) is 25.4 Å². The van der Waals surface area contributed by atoms with E-state index in [4.69, 9.17) is 29.0 Å². The first-order valence-electron chi connectivity index (χ1n) is 5.39. The molecule has 17 heavy (non-hydrogen) atoms. The molecular formula is C12H19Cl2N3. The molecule has 0 aliphatic rings. The molecule has 96 valence electrons. The topological polar surface area (TPSA) is 41.3 Å². The van der Waals surface area contributed by atoms with Crippen LogP contribution < -0.4 is 11.3 Å². The van der Waals surface area contributed by atoms with E-state index in [9.17, 15) is 0 Å². The molecule has 0 radical (unpaired) electrons. The molecule has 1 unspecified atom stereocenters. The third kappa shape index (κ3) is 3.12. The van der Waals surface area contributed by atoms with Gasteiger partial charge in [-0.2, -0.15) is 0 Å². The van der Waals surface area contributed by atoms with Gasteiger partial charge in [-0.3, -0.25) is 11.3 Å². The zero-order chi connectivity index (χ0) is 13.2. The number of nitrogens with one attached hydrogen (secondary N) is 1. The minimum atomic E-state index is -0.147. The summed E-state index contributed by atoms with van der Waals surface area (Å²) >= 11 is 11.9. The zero-order valence-electron chi connectivity index (χ0n) is 10.6. The minimum Gasteiger partial charge on any atom is -0.302 e. The fourth-order valence-corrected chi connectivity index (χ4v) is 1.96. The molecule has 1 rings (SSSR count). The molecule has 5 heteroatoms. The molecule has 1 atom stereocenters. The number of hydrazine groups is 1. The summed E-state index contributed by atoms with van der Waals surface area (Å²) in [7, 11) is 4.03. The second-order valence-electron chi connectivity index (χ2n) is 4.82. The Morgan fingerprint density at radius 2 is 1.82 bits per heavy atom. The molecule has 0 amide bonds. The Kier molecular flexibility index (Phi) is 4.81. The first kappa shape index (κ1) is 14.7. The number of halogens is 2. The van der Waals surface area contributed by atoms with Crippen LogP contribution in [0.5, 0.6) is 0 Å². The van der Waals surface area contributed by atoms with Crippen molar-refractivity contribution in [2.24, 2.45) is 5.84 Å². The first-order valence-corrected chi connectivity index (χ1v) is 6.14. The molecule has 0 bridgehead atoms.